The second-order valence-corrected chi connectivity index (χ2v) is 7.23. The quantitative estimate of drug-likeness (QED) is 0.792. The monoisotopic (exact) mass is 411 g/mol. The van der Waals surface area contributed by atoms with Crippen LogP contribution in [0.4, 0.5) is 13.2 Å². The lowest BCUT2D eigenvalue weighted by Gasteiger charge is -2.38. The molecule has 1 saturated heterocycles. The lowest BCUT2D eigenvalue weighted by Crippen LogP contribution is -2.49. The van der Waals surface area contributed by atoms with Gasteiger partial charge >= 0.3 is 6.36 Å². The molecule has 0 aliphatic carbocycles. The normalized spacial score (nSPS) is 16.4. The zero-order valence-corrected chi connectivity index (χ0v) is 16.4. The number of hydrogen-bond acceptors (Lipinski definition) is 4. The van der Waals surface area contributed by atoms with E-state index >= 15 is 0 Å². The van der Waals surface area contributed by atoms with Gasteiger partial charge in [-0.25, -0.2) is 0 Å². The number of carbonyl (C=O) groups excluding carboxylic acids is 1. The first-order valence-corrected chi connectivity index (χ1v) is 9.41. The molecule has 0 saturated carbocycles. The molecule has 1 fully saturated rings. The van der Waals surface area contributed by atoms with E-state index in [0.29, 0.717) is 38.0 Å². The first kappa shape index (κ1) is 21.2. The van der Waals surface area contributed by atoms with Crippen molar-refractivity contribution in [3.63, 3.8) is 0 Å². The maximum Gasteiger partial charge on any atom is 0.573 e. The Kier molecular flexibility index (Phi) is 6.16. The number of alkyl halides is 3. The minimum absolute atomic E-state index is 0.169. The summed E-state index contributed by atoms with van der Waals surface area (Å²) in [6.07, 6.45) is -1.15. The highest BCUT2D eigenvalue weighted by Gasteiger charge is 2.37. The zero-order chi connectivity index (χ0) is 21.1. The van der Waals surface area contributed by atoms with E-state index in [1.54, 1.807) is 10.7 Å². The molecule has 0 spiro atoms. The molecule has 1 aliphatic heterocycles. The second-order valence-electron chi connectivity index (χ2n) is 7.23. The summed E-state index contributed by atoms with van der Waals surface area (Å²) in [5.41, 5.74) is 1.65. The van der Waals surface area contributed by atoms with Crippen molar-refractivity contribution in [3.05, 3.63) is 47.3 Å². The summed E-state index contributed by atoms with van der Waals surface area (Å²) in [5, 5.41) is 7.32. The third-order valence-electron chi connectivity index (χ3n) is 5.08. The Morgan fingerprint density at radius 1 is 1.34 bits per heavy atom. The largest absolute Gasteiger partial charge is 0.573 e. The number of aromatic nitrogens is 2. The molecule has 3 rings (SSSR count). The Morgan fingerprint density at radius 2 is 2.07 bits per heavy atom. The molecule has 0 atom stereocenters. The average Bonchev–Trinajstić information content (AvgIpc) is 2.97. The van der Waals surface area contributed by atoms with Gasteiger partial charge in [0.2, 0.25) is 5.91 Å². The van der Waals surface area contributed by atoms with Crippen LogP contribution in [0.15, 0.2) is 30.5 Å². The van der Waals surface area contributed by atoms with E-state index in [9.17, 15) is 18.0 Å². The average molecular weight is 411 g/mol. The first-order valence-electron chi connectivity index (χ1n) is 9.41. The Balaban J connectivity index is 1.75. The highest BCUT2D eigenvalue weighted by molar-refractivity contribution is 5.77. The van der Waals surface area contributed by atoms with Crippen molar-refractivity contribution in [2.45, 2.75) is 44.5 Å². The number of hydrogen-bond donors (Lipinski definition) is 1. The van der Waals surface area contributed by atoms with Gasteiger partial charge in [0.05, 0.1) is 11.2 Å². The summed E-state index contributed by atoms with van der Waals surface area (Å²) >= 11 is 0. The molecule has 1 N–H and O–H groups in total. The molecule has 0 radical (unpaired) electrons. The molecule has 1 aromatic heterocycles. The number of amides is 1. The minimum Gasteiger partial charge on any atom is -0.406 e. The van der Waals surface area contributed by atoms with Gasteiger partial charge in [0, 0.05) is 32.9 Å². The summed E-state index contributed by atoms with van der Waals surface area (Å²) in [6, 6.07) is 5.79. The van der Waals surface area contributed by atoms with Crippen LogP contribution < -0.4 is 10.1 Å². The molecule has 6 nitrogen and oxygen atoms in total. The lowest BCUT2D eigenvalue weighted by molar-refractivity contribution is -0.274. The van der Waals surface area contributed by atoms with Crippen LogP contribution in [-0.2, 0) is 28.5 Å². The van der Waals surface area contributed by atoms with E-state index in [4.69, 9.17) is 4.74 Å². The van der Waals surface area contributed by atoms with Gasteiger partial charge in [-0.05, 0) is 49.4 Å². The van der Waals surface area contributed by atoms with E-state index < -0.39 is 11.9 Å². The first-order chi connectivity index (χ1) is 13.7. The number of nitrogens with one attached hydrogen (secondary N) is 1. The van der Waals surface area contributed by atoms with Gasteiger partial charge < -0.3 is 14.8 Å². The van der Waals surface area contributed by atoms with Gasteiger partial charge in [0.15, 0.2) is 0 Å². The van der Waals surface area contributed by atoms with E-state index in [1.807, 2.05) is 20.2 Å². The second kappa shape index (κ2) is 8.44. The zero-order valence-electron chi connectivity index (χ0n) is 16.4. The molecular formula is C20H24F3N3O3. The smallest absolute Gasteiger partial charge is 0.406 e. The lowest BCUT2D eigenvalue weighted by atomic mass is 9.82. The summed E-state index contributed by atoms with van der Waals surface area (Å²) in [7, 11) is 1.82. The van der Waals surface area contributed by atoms with Gasteiger partial charge in [-0.2, -0.15) is 5.10 Å². The highest BCUT2D eigenvalue weighted by atomic mass is 19.4. The molecule has 2 aromatic rings. The molecule has 29 heavy (non-hydrogen) atoms. The number of benzene rings is 1. The van der Waals surface area contributed by atoms with Gasteiger partial charge in [0.25, 0.3) is 0 Å². The fraction of sp³-hybridized carbons (Fsp3) is 0.500. The van der Waals surface area contributed by atoms with E-state index in [1.165, 1.54) is 18.2 Å². The number of nitrogens with zero attached hydrogens (tertiary/aromatic N) is 2. The summed E-state index contributed by atoms with van der Waals surface area (Å²) < 4.78 is 49.0. The Bertz CT molecular complexity index is 858. The molecule has 158 valence electrons. The van der Waals surface area contributed by atoms with Crippen molar-refractivity contribution < 1.29 is 27.4 Å². The van der Waals surface area contributed by atoms with Crippen molar-refractivity contribution in [1.29, 1.82) is 0 Å². The topological polar surface area (TPSA) is 65.4 Å². The summed E-state index contributed by atoms with van der Waals surface area (Å²) in [4.78, 5) is 12.7. The van der Waals surface area contributed by atoms with Gasteiger partial charge in [-0.3, -0.25) is 9.48 Å². The Hall–Kier alpha value is -2.55. The highest BCUT2D eigenvalue weighted by Crippen LogP contribution is 2.35. The van der Waals surface area contributed by atoms with Crippen LogP contribution >= 0.6 is 0 Å². The fourth-order valence-corrected chi connectivity index (χ4v) is 3.67. The van der Waals surface area contributed by atoms with Crippen LogP contribution in [0.3, 0.4) is 0 Å². The number of rotatable bonds is 6. The maximum atomic E-state index is 12.7. The molecule has 0 unspecified atom stereocenters. The Morgan fingerprint density at radius 3 is 2.69 bits per heavy atom. The molecule has 1 aliphatic rings. The molecule has 1 aromatic carbocycles. The molecule has 0 bridgehead atoms. The van der Waals surface area contributed by atoms with E-state index in [0.717, 1.165) is 11.3 Å². The van der Waals surface area contributed by atoms with Crippen LogP contribution in [0.2, 0.25) is 0 Å². The van der Waals surface area contributed by atoms with Gasteiger partial charge in [-0.15, -0.1) is 13.2 Å². The van der Waals surface area contributed by atoms with Crippen LogP contribution in [0.1, 0.15) is 36.1 Å². The standard InChI is InChI=1S/C20H24F3N3O3/c1-14-15(13-26(2)25-14)6-7-18(27)24-19(8-10-28-11-9-19)16-4-3-5-17(12-16)29-20(21,22)23/h3-5,12-13H,6-11H2,1-2H3,(H,24,27). The van der Waals surface area contributed by atoms with Crippen LogP contribution in [-0.4, -0.2) is 35.3 Å². The fourth-order valence-electron chi connectivity index (χ4n) is 3.67. The SMILES string of the molecule is Cc1nn(C)cc1CCC(=O)NC1(c2cccc(OC(F)(F)F)c2)CCOCC1. The molecule has 1 amide bonds. The number of halogens is 3. The maximum absolute atomic E-state index is 12.7. The van der Waals surface area contributed by atoms with Crippen LogP contribution in [0, 0.1) is 6.92 Å². The molecule has 9 heteroatoms. The molecule has 2 heterocycles. The van der Waals surface area contributed by atoms with Gasteiger partial charge in [-0.1, -0.05) is 12.1 Å². The van der Waals surface area contributed by atoms with Crippen molar-refractivity contribution in [2.24, 2.45) is 7.05 Å². The Labute approximate surface area is 167 Å². The predicted octanol–water partition coefficient (Wildman–Crippen LogP) is 3.38. The predicted molar refractivity (Wildman–Crippen MR) is 99.3 cm³/mol. The number of carbonyl (C=O) groups is 1. The minimum atomic E-state index is -4.77. The van der Waals surface area contributed by atoms with Gasteiger partial charge in [0.1, 0.15) is 5.75 Å². The summed E-state index contributed by atoms with van der Waals surface area (Å²) in [6.45, 7) is 2.71. The third kappa shape index (κ3) is 5.50. The van der Waals surface area contributed by atoms with Crippen molar-refractivity contribution in [1.82, 2.24) is 15.1 Å². The van der Waals surface area contributed by atoms with E-state index in [-0.39, 0.29) is 18.1 Å². The number of ether oxygens (including phenoxy) is 2. The van der Waals surface area contributed by atoms with Crippen molar-refractivity contribution in [3.8, 4) is 5.75 Å². The molecular weight excluding hydrogens is 387 g/mol. The van der Waals surface area contributed by atoms with Crippen molar-refractivity contribution in [2.75, 3.05) is 13.2 Å². The van der Waals surface area contributed by atoms with E-state index in [2.05, 4.69) is 15.2 Å². The summed E-state index contributed by atoms with van der Waals surface area (Å²) in [5.74, 6) is -0.474. The van der Waals surface area contributed by atoms with Crippen molar-refractivity contribution >= 4 is 5.91 Å². The van der Waals surface area contributed by atoms with Crippen LogP contribution in [0.5, 0.6) is 5.75 Å². The number of aryl methyl sites for hydroxylation is 3. The third-order valence-corrected chi connectivity index (χ3v) is 5.08. The van der Waals surface area contributed by atoms with Crippen LogP contribution in [0.25, 0.3) is 0 Å².